The zero-order valence-corrected chi connectivity index (χ0v) is 17.3. The van der Waals surface area contributed by atoms with Gasteiger partial charge in [0.15, 0.2) is 12.1 Å². The Morgan fingerprint density at radius 2 is 1.88 bits per heavy atom. The lowest BCUT2D eigenvalue weighted by atomic mass is 10.1. The molecule has 0 atom stereocenters. The smallest absolute Gasteiger partial charge is 0.293 e. The average Bonchev–Trinajstić information content (AvgIpc) is 3.32. The predicted molar refractivity (Wildman–Crippen MR) is 124 cm³/mol. The van der Waals surface area contributed by atoms with Crippen molar-refractivity contribution in [3.8, 4) is 11.4 Å². The number of carbonyl (C=O) groups excluding carboxylic acids is 1. The van der Waals surface area contributed by atoms with Crippen LogP contribution in [0.2, 0.25) is 0 Å². The number of hydrogen-bond acceptors (Lipinski definition) is 6. The van der Waals surface area contributed by atoms with Crippen LogP contribution in [0.3, 0.4) is 0 Å². The number of aromatic amines is 1. The fourth-order valence-electron chi connectivity index (χ4n) is 3.10. The number of anilines is 2. The molecule has 5 aromatic rings. The standard InChI is InChI=1S/C16H13N5O2.C8H7N/c1-21-9-13(14-11(10-22)4-2-7-18-14)20-15(16(21)23)19-12-5-3-6-17-8-12;1-2-4-8-7(3-1)5-6-9-8/h2-10H,1H3,(H,19,20);1-6,9H. The maximum Gasteiger partial charge on any atom is 0.293 e. The second kappa shape index (κ2) is 9.48. The molecule has 5 rings (SSSR count). The van der Waals surface area contributed by atoms with Crippen molar-refractivity contribution in [2.45, 2.75) is 0 Å². The van der Waals surface area contributed by atoms with Crippen molar-refractivity contribution in [3.05, 3.63) is 101 Å². The molecular weight excluding hydrogens is 404 g/mol. The zero-order chi connectivity index (χ0) is 22.3. The second-order valence-corrected chi connectivity index (χ2v) is 6.88. The van der Waals surface area contributed by atoms with E-state index in [1.165, 1.54) is 15.5 Å². The number of nitrogens with zero attached hydrogens (tertiary/aromatic N) is 4. The monoisotopic (exact) mass is 424 g/mol. The molecule has 8 nitrogen and oxygen atoms in total. The maximum absolute atomic E-state index is 12.2. The lowest BCUT2D eigenvalue weighted by Gasteiger charge is -2.10. The molecule has 8 heteroatoms. The molecule has 0 aliphatic carbocycles. The molecule has 4 aromatic heterocycles. The van der Waals surface area contributed by atoms with Gasteiger partial charge in [-0.25, -0.2) is 4.98 Å². The lowest BCUT2D eigenvalue weighted by Crippen LogP contribution is -2.21. The average molecular weight is 424 g/mol. The van der Waals surface area contributed by atoms with E-state index < -0.39 is 0 Å². The number of aryl methyl sites for hydroxylation is 1. The molecule has 0 saturated carbocycles. The summed E-state index contributed by atoms with van der Waals surface area (Å²) in [6, 6.07) is 17.1. The number of H-pyrrole nitrogens is 1. The van der Waals surface area contributed by atoms with Crippen LogP contribution in [-0.4, -0.2) is 30.8 Å². The van der Waals surface area contributed by atoms with Gasteiger partial charge in [0.05, 0.1) is 11.9 Å². The topological polar surface area (TPSA) is 106 Å². The predicted octanol–water partition coefficient (Wildman–Crippen LogP) is 3.96. The number of carbonyl (C=O) groups is 1. The summed E-state index contributed by atoms with van der Waals surface area (Å²) >= 11 is 0. The van der Waals surface area contributed by atoms with E-state index in [9.17, 15) is 9.59 Å². The molecule has 0 aliphatic rings. The number of hydrogen-bond donors (Lipinski definition) is 2. The van der Waals surface area contributed by atoms with Gasteiger partial charge in [-0.15, -0.1) is 0 Å². The number of nitrogens with one attached hydrogen (secondary N) is 2. The molecular formula is C24H20N6O2. The van der Waals surface area contributed by atoms with E-state index in [0.29, 0.717) is 28.9 Å². The van der Waals surface area contributed by atoms with Crippen LogP contribution in [0, 0.1) is 0 Å². The van der Waals surface area contributed by atoms with E-state index in [1.807, 2.05) is 18.3 Å². The van der Waals surface area contributed by atoms with Gasteiger partial charge in [0.1, 0.15) is 11.4 Å². The summed E-state index contributed by atoms with van der Waals surface area (Å²) in [5.74, 6) is 0.139. The second-order valence-electron chi connectivity index (χ2n) is 6.88. The molecule has 1 aromatic carbocycles. The van der Waals surface area contributed by atoms with E-state index in [-0.39, 0.29) is 11.4 Å². The van der Waals surface area contributed by atoms with Gasteiger partial charge in [-0.1, -0.05) is 18.2 Å². The van der Waals surface area contributed by atoms with Crippen LogP contribution >= 0.6 is 0 Å². The van der Waals surface area contributed by atoms with E-state index >= 15 is 0 Å². The minimum absolute atomic E-state index is 0.139. The van der Waals surface area contributed by atoms with Gasteiger partial charge in [0.2, 0.25) is 0 Å². The summed E-state index contributed by atoms with van der Waals surface area (Å²) < 4.78 is 1.39. The Hall–Kier alpha value is -4.59. The summed E-state index contributed by atoms with van der Waals surface area (Å²) in [6.45, 7) is 0. The number of fused-ring (bicyclic) bond motifs is 1. The first-order valence-electron chi connectivity index (χ1n) is 9.83. The normalized spacial score (nSPS) is 10.3. The van der Waals surface area contributed by atoms with Crippen LogP contribution < -0.4 is 10.9 Å². The van der Waals surface area contributed by atoms with Crippen molar-refractivity contribution >= 4 is 28.7 Å². The fourth-order valence-corrected chi connectivity index (χ4v) is 3.10. The van der Waals surface area contributed by atoms with Gasteiger partial charge < -0.3 is 14.9 Å². The highest BCUT2D eigenvalue weighted by Crippen LogP contribution is 2.19. The van der Waals surface area contributed by atoms with E-state index in [0.717, 1.165) is 0 Å². The SMILES string of the molecule is Cn1cc(-c2ncccc2C=O)nc(Nc2cccnc2)c1=O.c1ccc2[nH]ccc2c1. The first-order chi connectivity index (χ1) is 15.7. The summed E-state index contributed by atoms with van der Waals surface area (Å²) in [5.41, 5.74) is 2.82. The molecule has 4 heterocycles. The first kappa shape index (κ1) is 20.7. The highest BCUT2D eigenvalue weighted by atomic mass is 16.1. The van der Waals surface area contributed by atoms with E-state index in [4.69, 9.17) is 0 Å². The molecule has 158 valence electrons. The Kier molecular flexibility index (Phi) is 6.12. The van der Waals surface area contributed by atoms with Gasteiger partial charge in [-0.05, 0) is 41.8 Å². The van der Waals surface area contributed by atoms with Crippen molar-refractivity contribution in [3.63, 3.8) is 0 Å². The van der Waals surface area contributed by atoms with Crippen LogP contribution in [0.15, 0.2) is 90.4 Å². The van der Waals surface area contributed by atoms with Crippen LogP contribution in [0.25, 0.3) is 22.3 Å². The van der Waals surface area contributed by atoms with Crippen molar-refractivity contribution in [1.29, 1.82) is 0 Å². The largest absolute Gasteiger partial charge is 0.361 e. The van der Waals surface area contributed by atoms with Crippen molar-refractivity contribution in [2.75, 3.05) is 5.32 Å². The fraction of sp³-hybridized carbons (Fsp3) is 0.0417. The quantitative estimate of drug-likeness (QED) is 0.423. The molecule has 0 amide bonds. The van der Waals surface area contributed by atoms with Gasteiger partial charge in [-0.2, -0.15) is 0 Å². The number of rotatable bonds is 4. The zero-order valence-electron chi connectivity index (χ0n) is 17.3. The number of benzene rings is 1. The highest BCUT2D eigenvalue weighted by Gasteiger charge is 2.12. The molecule has 0 fully saturated rings. The summed E-state index contributed by atoms with van der Waals surface area (Å²) in [7, 11) is 1.62. The van der Waals surface area contributed by atoms with Gasteiger partial charge in [0.25, 0.3) is 5.56 Å². The Morgan fingerprint density at radius 3 is 2.66 bits per heavy atom. The molecule has 2 N–H and O–H groups in total. The molecule has 0 unspecified atom stereocenters. The third-order valence-electron chi connectivity index (χ3n) is 4.67. The summed E-state index contributed by atoms with van der Waals surface area (Å²) in [6.07, 6.45) is 9.01. The maximum atomic E-state index is 12.2. The van der Waals surface area contributed by atoms with E-state index in [2.05, 4.69) is 43.5 Å². The van der Waals surface area contributed by atoms with Crippen LogP contribution in [-0.2, 0) is 7.05 Å². The Labute approximate surface area is 183 Å². The molecule has 0 aliphatic heterocycles. The Bertz CT molecular complexity index is 1380. The van der Waals surface area contributed by atoms with Crippen molar-refractivity contribution in [2.24, 2.45) is 7.05 Å². The number of aromatic nitrogens is 5. The van der Waals surface area contributed by atoms with Crippen LogP contribution in [0.5, 0.6) is 0 Å². The number of aldehydes is 1. The Balaban J connectivity index is 0.000000225. The molecule has 0 radical (unpaired) electrons. The number of para-hydroxylation sites is 1. The molecule has 32 heavy (non-hydrogen) atoms. The first-order valence-corrected chi connectivity index (χ1v) is 9.83. The Morgan fingerprint density at radius 1 is 1.03 bits per heavy atom. The minimum atomic E-state index is -0.291. The van der Waals surface area contributed by atoms with Gasteiger partial charge >= 0.3 is 0 Å². The van der Waals surface area contributed by atoms with Crippen LogP contribution in [0.4, 0.5) is 11.5 Å². The molecule has 0 spiro atoms. The summed E-state index contributed by atoms with van der Waals surface area (Å²) in [5, 5.41) is 4.21. The molecule has 0 bridgehead atoms. The van der Waals surface area contributed by atoms with Crippen molar-refractivity contribution in [1.82, 2.24) is 24.5 Å². The lowest BCUT2D eigenvalue weighted by molar-refractivity contribution is 0.112. The van der Waals surface area contributed by atoms with Crippen LogP contribution in [0.1, 0.15) is 10.4 Å². The number of pyridine rings is 2. The summed E-state index contributed by atoms with van der Waals surface area (Å²) in [4.78, 5) is 39.0. The third-order valence-corrected chi connectivity index (χ3v) is 4.67. The van der Waals surface area contributed by atoms with Gasteiger partial charge in [-0.3, -0.25) is 19.6 Å². The molecule has 0 saturated heterocycles. The highest BCUT2D eigenvalue weighted by molar-refractivity contribution is 5.84. The van der Waals surface area contributed by atoms with E-state index in [1.54, 1.807) is 56.1 Å². The minimum Gasteiger partial charge on any atom is -0.361 e. The van der Waals surface area contributed by atoms with Crippen molar-refractivity contribution < 1.29 is 4.79 Å². The third kappa shape index (κ3) is 4.59. The van der Waals surface area contributed by atoms with Gasteiger partial charge in [0, 0.05) is 42.9 Å².